The van der Waals surface area contributed by atoms with E-state index in [-0.39, 0.29) is 11.9 Å². The molecule has 1 aliphatic rings. The number of likely N-dealkylation sites (tertiary alicyclic amines) is 1. The smallest absolute Gasteiger partial charge is 0.209 e. The molecule has 5 heteroatoms. The molecule has 0 bridgehead atoms. The SMILES string of the molecule is O=CN1CCCC1Cc1c(Cl)[nH]c2cc(F)ccc12. The molecule has 2 aromatic rings. The molecule has 1 aromatic heterocycles. The molecular weight excluding hydrogens is 267 g/mol. The number of H-pyrrole nitrogens is 1. The summed E-state index contributed by atoms with van der Waals surface area (Å²) in [6, 6.07) is 4.81. The number of hydrogen-bond donors (Lipinski definition) is 1. The first-order valence-electron chi connectivity index (χ1n) is 6.35. The van der Waals surface area contributed by atoms with Crippen LogP contribution < -0.4 is 0 Å². The van der Waals surface area contributed by atoms with Crippen molar-refractivity contribution in [2.24, 2.45) is 0 Å². The zero-order chi connectivity index (χ0) is 13.4. The molecule has 19 heavy (non-hydrogen) atoms. The number of amides is 1. The Labute approximate surface area is 115 Å². The van der Waals surface area contributed by atoms with Gasteiger partial charge in [-0.05, 0) is 43.0 Å². The predicted octanol–water partition coefficient (Wildman–Crippen LogP) is 3.12. The van der Waals surface area contributed by atoms with Crippen molar-refractivity contribution in [3.8, 4) is 0 Å². The Bertz CT molecular complexity index is 625. The van der Waals surface area contributed by atoms with Gasteiger partial charge in [-0.15, -0.1) is 0 Å². The molecule has 0 radical (unpaired) electrons. The van der Waals surface area contributed by atoms with Crippen molar-refractivity contribution >= 4 is 28.9 Å². The van der Waals surface area contributed by atoms with Crippen molar-refractivity contribution in [3.05, 3.63) is 34.7 Å². The zero-order valence-electron chi connectivity index (χ0n) is 10.3. The van der Waals surface area contributed by atoms with Crippen molar-refractivity contribution in [1.29, 1.82) is 0 Å². The number of fused-ring (bicyclic) bond motifs is 1. The minimum Gasteiger partial charge on any atom is -0.345 e. The first-order chi connectivity index (χ1) is 9.19. The molecule has 3 nitrogen and oxygen atoms in total. The molecule has 1 aliphatic heterocycles. The average Bonchev–Trinajstić information content (AvgIpc) is 2.95. The van der Waals surface area contributed by atoms with Crippen molar-refractivity contribution in [1.82, 2.24) is 9.88 Å². The summed E-state index contributed by atoms with van der Waals surface area (Å²) in [6.45, 7) is 0.808. The van der Waals surface area contributed by atoms with Gasteiger partial charge in [0.05, 0.1) is 0 Å². The third kappa shape index (κ3) is 2.21. The fourth-order valence-electron chi connectivity index (χ4n) is 2.85. The molecule has 2 heterocycles. The number of hydrogen-bond acceptors (Lipinski definition) is 1. The third-order valence-electron chi connectivity index (χ3n) is 3.81. The molecule has 1 N–H and O–H groups in total. The van der Waals surface area contributed by atoms with E-state index in [1.54, 1.807) is 6.07 Å². The van der Waals surface area contributed by atoms with E-state index in [9.17, 15) is 9.18 Å². The van der Waals surface area contributed by atoms with Gasteiger partial charge in [0.15, 0.2) is 0 Å². The van der Waals surface area contributed by atoms with Crippen molar-refractivity contribution in [2.75, 3.05) is 6.54 Å². The number of aromatic amines is 1. The van der Waals surface area contributed by atoms with Crippen molar-refractivity contribution in [2.45, 2.75) is 25.3 Å². The summed E-state index contributed by atoms with van der Waals surface area (Å²) in [5, 5.41) is 1.47. The lowest BCUT2D eigenvalue weighted by atomic mass is 10.0. The lowest BCUT2D eigenvalue weighted by molar-refractivity contribution is -0.118. The maximum absolute atomic E-state index is 13.2. The van der Waals surface area contributed by atoms with Gasteiger partial charge in [-0.25, -0.2) is 4.39 Å². The van der Waals surface area contributed by atoms with Gasteiger partial charge in [-0.2, -0.15) is 0 Å². The van der Waals surface area contributed by atoms with Gasteiger partial charge in [-0.1, -0.05) is 11.6 Å². The number of rotatable bonds is 3. The Hall–Kier alpha value is -1.55. The summed E-state index contributed by atoms with van der Waals surface area (Å²) in [4.78, 5) is 15.8. The minimum atomic E-state index is -0.285. The second-order valence-corrected chi connectivity index (χ2v) is 5.33. The van der Waals surface area contributed by atoms with Crippen LogP contribution in [0.3, 0.4) is 0 Å². The van der Waals surface area contributed by atoms with E-state index in [1.165, 1.54) is 12.1 Å². The van der Waals surface area contributed by atoms with E-state index < -0.39 is 0 Å². The van der Waals surface area contributed by atoms with Gasteiger partial charge in [0.25, 0.3) is 0 Å². The number of nitrogens with one attached hydrogen (secondary N) is 1. The maximum atomic E-state index is 13.2. The van der Waals surface area contributed by atoms with Crippen LogP contribution in [0.4, 0.5) is 4.39 Å². The van der Waals surface area contributed by atoms with Crippen LogP contribution in [0.5, 0.6) is 0 Å². The van der Waals surface area contributed by atoms with E-state index in [4.69, 9.17) is 11.6 Å². The van der Waals surface area contributed by atoms with Gasteiger partial charge in [0.2, 0.25) is 6.41 Å². The fraction of sp³-hybridized carbons (Fsp3) is 0.357. The molecular formula is C14H14ClFN2O. The van der Waals surface area contributed by atoms with Gasteiger partial charge in [0.1, 0.15) is 11.0 Å². The van der Waals surface area contributed by atoms with Crippen LogP contribution in [0, 0.1) is 5.82 Å². The molecule has 0 spiro atoms. The van der Waals surface area contributed by atoms with Crippen LogP contribution >= 0.6 is 11.6 Å². The summed E-state index contributed by atoms with van der Waals surface area (Å²) in [5.41, 5.74) is 1.67. The Balaban J connectivity index is 1.96. The summed E-state index contributed by atoms with van der Waals surface area (Å²) >= 11 is 6.20. The molecule has 1 saturated heterocycles. The molecule has 100 valence electrons. The number of nitrogens with zero attached hydrogens (tertiary/aromatic N) is 1. The Kier molecular flexibility index (Phi) is 3.19. The quantitative estimate of drug-likeness (QED) is 0.862. The van der Waals surface area contributed by atoms with E-state index in [0.29, 0.717) is 17.1 Å². The lowest BCUT2D eigenvalue weighted by Gasteiger charge is -2.19. The van der Waals surface area contributed by atoms with Crippen LogP contribution in [-0.2, 0) is 11.2 Å². The number of carbonyl (C=O) groups is 1. The van der Waals surface area contributed by atoms with Crippen molar-refractivity contribution < 1.29 is 9.18 Å². The van der Waals surface area contributed by atoms with E-state index >= 15 is 0 Å². The highest BCUT2D eigenvalue weighted by molar-refractivity contribution is 6.31. The Morgan fingerprint density at radius 3 is 3.16 bits per heavy atom. The van der Waals surface area contributed by atoms with Crippen LogP contribution in [0.25, 0.3) is 10.9 Å². The van der Waals surface area contributed by atoms with Gasteiger partial charge < -0.3 is 9.88 Å². The topological polar surface area (TPSA) is 36.1 Å². The summed E-state index contributed by atoms with van der Waals surface area (Å²) in [5.74, 6) is -0.285. The Morgan fingerprint density at radius 2 is 2.37 bits per heavy atom. The van der Waals surface area contributed by atoms with E-state index in [2.05, 4.69) is 4.98 Å². The minimum absolute atomic E-state index is 0.194. The van der Waals surface area contributed by atoms with Crippen LogP contribution in [0.15, 0.2) is 18.2 Å². The first kappa shape index (κ1) is 12.5. The Morgan fingerprint density at radius 1 is 1.53 bits per heavy atom. The van der Waals surface area contributed by atoms with Crippen LogP contribution in [0.1, 0.15) is 18.4 Å². The fourth-order valence-corrected chi connectivity index (χ4v) is 3.13. The van der Waals surface area contributed by atoms with Crippen LogP contribution in [-0.4, -0.2) is 28.9 Å². The molecule has 3 rings (SSSR count). The predicted molar refractivity (Wildman–Crippen MR) is 72.8 cm³/mol. The average molecular weight is 281 g/mol. The molecule has 1 aromatic carbocycles. The molecule has 1 amide bonds. The maximum Gasteiger partial charge on any atom is 0.209 e. The molecule has 1 unspecified atom stereocenters. The zero-order valence-corrected chi connectivity index (χ0v) is 11.1. The molecule has 1 atom stereocenters. The standard InChI is InChI=1S/C14H14ClFN2O/c15-14-12(7-10-2-1-5-18(10)8-19)11-4-3-9(16)6-13(11)17-14/h3-4,6,8,10,17H,1-2,5,7H2. The van der Waals surface area contributed by atoms with Gasteiger partial charge >= 0.3 is 0 Å². The summed E-state index contributed by atoms with van der Waals surface area (Å²) in [6.07, 6.45) is 3.63. The number of carbonyl (C=O) groups excluding carboxylic acids is 1. The number of halogens is 2. The van der Waals surface area contributed by atoms with Crippen molar-refractivity contribution in [3.63, 3.8) is 0 Å². The highest BCUT2D eigenvalue weighted by atomic mass is 35.5. The van der Waals surface area contributed by atoms with E-state index in [1.807, 2.05) is 4.90 Å². The summed E-state index contributed by atoms with van der Waals surface area (Å²) in [7, 11) is 0. The number of benzene rings is 1. The summed E-state index contributed by atoms with van der Waals surface area (Å²) < 4.78 is 13.2. The highest BCUT2D eigenvalue weighted by Gasteiger charge is 2.25. The van der Waals surface area contributed by atoms with Gasteiger partial charge in [-0.3, -0.25) is 4.79 Å². The van der Waals surface area contributed by atoms with Gasteiger partial charge in [0, 0.05) is 23.5 Å². The third-order valence-corrected chi connectivity index (χ3v) is 4.14. The highest BCUT2D eigenvalue weighted by Crippen LogP contribution is 2.30. The second-order valence-electron chi connectivity index (χ2n) is 4.95. The molecule has 0 saturated carbocycles. The van der Waals surface area contributed by atoms with Crippen LogP contribution in [0.2, 0.25) is 5.15 Å². The number of aromatic nitrogens is 1. The first-order valence-corrected chi connectivity index (χ1v) is 6.73. The second kappa shape index (κ2) is 4.85. The molecule has 0 aliphatic carbocycles. The molecule has 1 fully saturated rings. The largest absolute Gasteiger partial charge is 0.345 e. The normalized spacial score (nSPS) is 19.3. The van der Waals surface area contributed by atoms with E-state index in [0.717, 1.165) is 36.7 Å². The lowest BCUT2D eigenvalue weighted by Crippen LogP contribution is -2.29. The monoisotopic (exact) mass is 280 g/mol.